The Morgan fingerprint density at radius 1 is 1.38 bits per heavy atom. The van der Waals surface area contributed by atoms with E-state index in [1.807, 2.05) is 11.4 Å². The van der Waals surface area contributed by atoms with Crippen molar-refractivity contribution in [3.63, 3.8) is 0 Å². The highest BCUT2D eigenvalue weighted by Gasteiger charge is 2.37. The van der Waals surface area contributed by atoms with E-state index in [1.54, 1.807) is 12.1 Å². The molecule has 0 fully saturated rings. The Hall–Kier alpha value is -2.37. The van der Waals surface area contributed by atoms with Crippen LogP contribution in [0.25, 0.3) is 0 Å². The van der Waals surface area contributed by atoms with Crippen molar-refractivity contribution in [1.82, 2.24) is 5.32 Å². The lowest BCUT2D eigenvalue weighted by Gasteiger charge is -2.29. The first kappa shape index (κ1) is 21.3. The van der Waals surface area contributed by atoms with Gasteiger partial charge >= 0.3 is 19.1 Å². The highest BCUT2D eigenvalue weighted by Crippen LogP contribution is 2.30. The van der Waals surface area contributed by atoms with Gasteiger partial charge in [-0.05, 0) is 40.0 Å². The Morgan fingerprint density at radius 3 is 2.86 bits per heavy atom. The zero-order valence-electron chi connectivity index (χ0n) is 15.3. The number of hydrogen-bond acceptors (Lipinski definition) is 8. The summed E-state index contributed by atoms with van der Waals surface area (Å²) < 4.78 is 15.9. The molecule has 1 aromatic carbocycles. The lowest BCUT2D eigenvalue weighted by molar-refractivity contribution is -0.149. The van der Waals surface area contributed by atoms with Gasteiger partial charge in [0.2, 0.25) is 12.7 Å². The van der Waals surface area contributed by atoms with Crippen LogP contribution in [0.4, 0.5) is 0 Å². The van der Waals surface area contributed by atoms with Crippen molar-refractivity contribution in [2.45, 2.75) is 25.7 Å². The van der Waals surface area contributed by atoms with Crippen LogP contribution >= 0.6 is 27.3 Å². The van der Waals surface area contributed by atoms with Gasteiger partial charge in [0.1, 0.15) is 11.3 Å². The predicted octanol–water partition coefficient (Wildman–Crippen LogP) is 1.87. The number of nitrogens with one attached hydrogen (secondary N) is 1. The minimum atomic E-state index is -1.33. The van der Waals surface area contributed by atoms with Crippen molar-refractivity contribution in [3.05, 3.63) is 50.1 Å². The maximum atomic E-state index is 12.3. The van der Waals surface area contributed by atoms with E-state index in [0.717, 1.165) is 9.35 Å². The highest BCUT2D eigenvalue weighted by atomic mass is 79.9. The minimum Gasteiger partial charge on any atom is -0.534 e. The maximum Gasteiger partial charge on any atom is 0.547 e. The maximum absolute atomic E-state index is 12.3. The molecule has 1 amide bonds. The summed E-state index contributed by atoms with van der Waals surface area (Å²) >= 11 is 4.80. The standard InChI is InChI=1S/C18H17BBrNO7S/c1-10(22)26-9-27-18(24)14-4-2-3-11-5-15(19(25)28-17(11)14)21-16(23)7-13-6-12(20)8-29-13/h2-4,6,8,15,25H,5,7,9H2,1H3,(H,21,23)/t15-/m0/s1. The third-order valence-corrected chi connectivity index (χ3v) is 5.79. The average Bonchev–Trinajstić information content (AvgIpc) is 3.06. The van der Waals surface area contributed by atoms with Crippen molar-refractivity contribution in [3.8, 4) is 5.75 Å². The van der Waals surface area contributed by atoms with Crippen molar-refractivity contribution >= 4 is 52.2 Å². The van der Waals surface area contributed by atoms with Gasteiger partial charge in [0.25, 0.3) is 0 Å². The molecule has 0 bridgehead atoms. The zero-order valence-corrected chi connectivity index (χ0v) is 17.7. The van der Waals surface area contributed by atoms with E-state index >= 15 is 0 Å². The molecule has 11 heteroatoms. The van der Waals surface area contributed by atoms with Crippen LogP contribution in [0.2, 0.25) is 0 Å². The van der Waals surface area contributed by atoms with E-state index in [4.69, 9.17) is 9.39 Å². The zero-order chi connectivity index (χ0) is 21.0. The van der Waals surface area contributed by atoms with Crippen LogP contribution in [0, 0.1) is 0 Å². The van der Waals surface area contributed by atoms with E-state index in [-0.39, 0.29) is 30.1 Å². The van der Waals surface area contributed by atoms with Crippen LogP contribution in [0.3, 0.4) is 0 Å². The SMILES string of the molecule is CC(=O)OCOC(=O)c1cccc2c1OB(O)[C@@H](NC(=O)Cc1cc(Br)cs1)C2. The van der Waals surface area contributed by atoms with E-state index in [1.165, 1.54) is 24.3 Å². The minimum absolute atomic E-state index is 0.0990. The fraction of sp³-hybridized carbons (Fsp3) is 0.278. The Morgan fingerprint density at radius 2 is 2.17 bits per heavy atom. The largest absolute Gasteiger partial charge is 0.547 e. The van der Waals surface area contributed by atoms with Crippen LogP contribution in [0.15, 0.2) is 34.1 Å². The summed E-state index contributed by atoms with van der Waals surface area (Å²) in [5.41, 5.74) is 0.739. The number of ether oxygens (including phenoxy) is 2. The molecule has 0 radical (unpaired) electrons. The molecule has 1 aliphatic heterocycles. The summed E-state index contributed by atoms with van der Waals surface area (Å²) in [6, 6.07) is 6.72. The summed E-state index contributed by atoms with van der Waals surface area (Å²) in [6.45, 7) is 0.682. The molecule has 0 saturated carbocycles. The van der Waals surface area contributed by atoms with Gasteiger partial charge in [0.05, 0.1) is 12.4 Å². The number of hydrogen-bond donors (Lipinski definition) is 2. The van der Waals surface area contributed by atoms with E-state index in [0.29, 0.717) is 5.56 Å². The number of rotatable bonds is 6. The molecule has 0 aliphatic carbocycles. The molecule has 1 aliphatic rings. The third-order valence-electron chi connectivity index (χ3n) is 4.09. The molecule has 2 heterocycles. The molecule has 29 heavy (non-hydrogen) atoms. The number of thiophene rings is 1. The van der Waals surface area contributed by atoms with E-state index < -0.39 is 31.8 Å². The molecule has 0 spiro atoms. The summed E-state index contributed by atoms with van der Waals surface area (Å²) in [4.78, 5) is 36.2. The summed E-state index contributed by atoms with van der Waals surface area (Å²) in [5, 5.41) is 15.0. The molecule has 0 unspecified atom stereocenters. The molecule has 1 aromatic heterocycles. The molecule has 152 valence electrons. The van der Waals surface area contributed by atoms with Crippen LogP contribution in [0.5, 0.6) is 5.75 Å². The first-order chi connectivity index (χ1) is 13.8. The quantitative estimate of drug-likeness (QED) is 0.368. The van der Waals surface area contributed by atoms with Crippen molar-refractivity contribution in [2.24, 2.45) is 0 Å². The van der Waals surface area contributed by atoms with Crippen LogP contribution in [-0.4, -0.2) is 42.7 Å². The first-order valence-corrected chi connectivity index (χ1v) is 10.3. The fourth-order valence-electron chi connectivity index (χ4n) is 2.81. The van der Waals surface area contributed by atoms with E-state index in [9.17, 15) is 19.4 Å². The molecule has 2 N–H and O–H groups in total. The second-order valence-corrected chi connectivity index (χ2v) is 8.19. The van der Waals surface area contributed by atoms with Gasteiger partial charge in [0, 0.05) is 21.7 Å². The lowest BCUT2D eigenvalue weighted by Crippen LogP contribution is -2.53. The lowest BCUT2D eigenvalue weighted by atomic mass is 9.72. The third kappa shape index (κ3) is 5.59. The van der Waals surface area contributed by atoms with Crippen molar-refractivity contribution in [1.29, 1.82) is 0 Å². The number of amides is 1. The monoisotopic (exact) mass is 481 g/mol. The van der Waals surface area contributed by atoms with Gasteiger partial charge in [-0.2, -0.15) is 0 Å². The van der Waals surface area contributed by atoms with Gasteiger partial charge < -0.3 is 24.5 Å². The summed E-state index contributed by atoms with van der Waals surface area (Å²) in [5.74, 6) is -2.05. The smallest absolute Gasteiger partial charge is 0.534 e. The molecule has 2 aromatic rings. The van der Waals surface area contributed by atoms with Gasteiger partial charge in [0.15, 0.2) is 0 Å². The topological polar surface area (TPSA) is 111 Å². The number of carbonyl (C=O) groups is 3. The highest BCUT2D eigenvalue weighted by molar-refractivity contribution is 9.10. The van der Waals surface area contributed by atoms with Crippen LogP contribution < -0.4 is 9.97 Å². The van der Waals surface area contributed by atoms with Gasteiger partial charge in [-0.15, -0.1) is 11.3 Å². The first-order valence-electron chi connectivity index (χ1n) is 8.63. The number of para-hydroxylation sites is 1. The van der Waals surface area contributed by atoms with Crippen LogP contribution in [-0.2, 0) is 31.9 Å². The molecular formula is C18H17BBrNO7S. The Kier molecular flexibility index (Phi) is 6.94. The predicted molar refractivity (Wildman–Crippen MR) is 108 cm³/mol. The number of fused-ring (bicyclic) bond motifs is 1. The van der Waals surface area contributed by atoms with Gasteiger partial charge in [-0.25, -0.2) is 4.79 Å². The summed E-state index contributed by atoms with van der Waals surface area (Å²) in [7, 11) is -1.33. The molecule has 0 saturated heterocycles. The number of halogens is 1. The van der Waals surface area contributed by atoms with Crippen LogP contribution in [0.1, 0.15) is 27.7 Å². The Labute approximate surface area is 179 Å². The normalized spacial score (nSPS) is 15.1. The fourth-order valence-corrected chi connectivity index (χ4v) is 4.26. The number of carbonyl (C=O) groups excluding carboxylic acids is 3. The Bertz CT molecular complexity index is 935. The number of benzene rings is 1. The second kappa shape index (κ2) is 9.42. The van der Waals surface area contributed by atoms with Crippen molar-refractivity contribution in [2.75, 3.05) is 6.79 Å². The van der Waals surface area contributed by atoms with Gasteiger partial charge in [-0.3, -0.25) is 9.59 Å². The Balaban J connectivity index is 1.65. The molecular weight excluding hydrogens is 465 g/mol. The van der Waals surface area contributed by atoms with E-state index in [2.05, 4.69) is 26.0 Å². The van der Waals surface area contributed by atoms with Gasteiger partial charge in [-0.1, -0.05) is 12.1 Å². The molecule has 3 rings (SSSR count). The van der Waals surface area contributed by atoms with Crippen molar-refractivity contribution < 1.29 is 33.5 Å². The molecule has 1 atom stereocenters. The summed E-state index contributed by atoms with van der Waals surface area (Å²) in [6.07, 6.45) is 0.469. The number of esters is 2. The molecule has 8 nitrogen and oxygen atoms in total. The second-order valence-electron chi connectivity index (χ2n) is 6.27. The average molecular weight is 482 g/mol.